The Labute approximate surface area is 304 Å². The van der Waals surface area contributed by atoms with E-state index in [1.807, 2.05) is 25.1 Å². The van der Waals surface area contributed by atoms with E-state index in [1.165, 1.54) is 12.1 Å². The van der Waals surface area contributed by atoms with Crippen molar-refractivity contribution in [2.75, 3.05) is 19.8 Å². The molecule has 0 aromatic heterocycles. The van der Waals surface area contributed by atoms with Crippen molar-refractivity contribution < 1.29 is 41.4 Å². The van der Waals surface area contributed by atoms with Gasteiger partial charge in [0, 0.05) is 37.5 Å². The van der Waals surface area contributed by atoms with E-state index >= 15 is 0 Å². The highest BCUT2D eigenvalue weighted by Crippen LogP contribution is 2.37. The van der Waals surface area contributed by atoms with Crippen LogP contribution in [0.5, 0.6) is 17.2 Å². The molecule has 3 atom stereocenters. The van der Waals surface area contributed by atoms with E-state index in [9.17, 15) is 13.0 Å². The lowest BCUT2D eigenvalue weighted by molar-refractivity contribution is -0.106. The average molecular weight is 735 g/mol. The van der Waals surface area contributed by atoms with Crippen LogP contribution in [0.2, 0.25) is 0 Å². The maximum atomic E-state index is 10.4. The molecule has 51 heavy (non-hydrogen) atoms. The molecule has 0 aliphatic carbocycles. The number of hydrogen-bond acceptors (Lipinski definition) is 9. The van der Waals surface area contributed by atoms with Crippen LogP contribution in [-0.4, -0.2) is 51.7 Å². The molecule has 7 rings (SSSR count). The van der Waals surface area contributed by atoms with E-state index in [0.717, 1.165) is 115 Å². The Hall–Kier alpha value is -3.58. The van der Waals surface area contributed by atoms with Crippen molar-refractivity contribution in [2.45, 2.75) is 103 Å². The predicted octanol–water partition coefficient (Wildman–Crippen LogP) is 8.40. The lowest BCUT2D eigenvalue weighted by Gasteiger charge is -2.24. The van der Waals surface area contributed by atoms with Crippen LogP contribution in [0.3, 0.4) is 0 Å². The van der Waals surface area contributed by atoms with Crippen molar-refractivity contribution in [1.29, 1.82) is 0 Å². The minimum absolute atomic E-state index is 0.178. The standard InChI is InChI=1S/C33H39O6S.C7H8O3S/c1-4-19-34-31(16-1)37-25-10-7-13-28(22-25)40(29-14-8-11-26(23-29)38-32-17-2-5-20-35-32)30-15-9-12-27(24-30)39-33-18-3-6-21-36-33;1-6-2-4-7(5-3-6)11(8,9)10/h7-15,22-24,31-33H,1-6,16-21H2;2-5H,1H3,(H,8,9,10)/q+1;/p-1. The Morgan fingerprint density at radius 3 is 1.25 bits per heavy atom. The highest BCUT2D eigenvalue weighted by molar-refractivity contribution is 7.97. The number of hydrogen-bond donors (Lipinski definition) is 0. The second kappa shape index (κ2) is 18.3. The van der Waals surface area contributed by atoms with Gasteiger partial charge in [0.05, 0.1) is 35.6 Å². The van der Waals surface area contributed by atoms with Crippen molar-refractivity contribution in [3.8, 4) is 17.2 Å². The molecule has 4 aromatic carbocycles. The molecule has 3 aliphatic heterocycles. The van der Waals surface area contributed by atoms with Gasteiger partial charge in [-0.05, 0) is 94.0 Å². The topological polar surface area (TPSA) is 113 Å². The van der Waals surface area contributed by atoms with E-state index in [1.54, 1.807) is 12.1 Å². The molecule has 3 heterocycles. The first-order valence-electron chi connectivity index (χ1n) is 17.7. The smallest absolute Gasteiger partial charge is 0.199 e. The van der Waals surface area contributed by atoms with Crippen LogP contribution in [0, 0.1) is 6.92 Å². The molecule has 272 valence electrons. The Morgan fingerprint density at radius 2 is 0.941 bits per heavy atom. The average Bonchev–Trinajstić information content (AvgIpc) is 3.14. The van der Waals surface area contributed by atoms with Gasteiger partial charge >= 0.3 is 0 Å². The minimum Gasteiger partial charge on any atom is -0.744 e. The normalized spacial score (nSPS) is 21.4. The van der Waals surface area contributed by atoms with Gasteiger partial charge in [0.25, 0.3) is 0 Å². The molecule has 0 bridgehead atoms. The second-order valence-electron chi connectivity index (χ2n) is 12.7. The molecule has 9 nitrogen and oxygen atoms in total. The van der Waals surface area contributed by atoms with Crippen molar-refractivity contribution in [3.63, 3.8) is 0 Å². The van der Waals surface area contributed by atoms with Gasteiger partial charge in [0.1, 0.15) is 27.4 Å². The molecule has 3 aliphatic rings. The van der Waals surface area contributed by atoms with Gasteiger partial charge < -0.3 is 33.0 Å². The molecule has 3 unspecified atom stereocenters. The van der Waals surface area contributed by atoms with Gasteiger partial charge in [-0.15, -0.1) is 0 Å². The third kappa shape index (κ3) is 11.2. The monoisotopic (exact) mass is 734 g/mol. The number of aryl methyl sites for hydroxylation is 1. The molecule has 3 saturated heterocycles. The molecular formula is C40H46O9S2. The molecule has 0 saturated carbocycles. The number of rotatable bonds is 10. The molecule has 0 N–H and O–H groups in total. The highest BCUT2D eigenvalue weighted by atomic mass is 32.2. The molecule has 0 radical (unpaired) electrons. The van der Waals surface area contributed by atoms with Crippen molar-refractivity contribution in [3.05, 3.63) is 103 Å². The summed E-state index contributed by atoms with van der Waals surface area (Å²) >= 11 is 0. The zero-order chi connectivity index (χ0) is 35.5. The van der Waals surface area contributed by atoms with Gasteiger partial charge in [-0.3, -0.25) is 0 Å². The quantitative estimate of drug-likeness (QED) is 0.117. The van der Waals surface area contributed by atoms with Crippen LogP contribution in [0.25, 0.3) is 0 Å². The van der Waals surface area contributed by atoms with E-state index in [0.29, 0.717) is 0 Å². The molecule has 0 spiro atoms. The maximum Gasteiger partial charge on any atom is 0.199 e. The van der Waals surface area contributed by atoms with Crippen LogP contribution in [0.1, 0.15) is 63.4 Å². The highest BCUT2D eigenvalue weighted by Gasteiger charge is 2.31. The fourth-order valence-electron chi connectivity index (χ4n) is 6.00. The van der Waals surface area contributed by atoms with E-state index < -0.39 is 21.0 Å². The predicted molar refractivity (Wildman–Crippen MR) is 193 cm³/mol. The van der Waals surface area contributed by atoms with Crippen LogP contribution in [0.4, 0.5) is 0 Å². The second-order valence-corrected chi connectivity index (χ2v) is 16.1. The number of benzene rings is 4. The van der Waals surface area contributed by atoms with Crippen molar-refractivity contribution in [1.82, 2.24) is 0 Å². The Bertz CT molecular complexity index is 1630. The minimum atomic E-state index is -4.27. The Morgan fingerprint density at radius 1 is 0.569 bits per heavy atom. The molecule has 0 amide bonds. The third-order valence-electron chi connectivity index (χ3n) is 8.65. The van der Waals surface area contributed by atoms with Crippen molar-refractivity contribution in [2.24, 2.45) is 0 Å². The largest absolute Gasteiger partial charge is 0.744 e. The molecular weight excluding hydrogens is 689 g/mol. The van der Waals surface area contributed by atoms with Crippen LogP contribution in [-0.2, 0) is 35.2 Å². The fraction of sp³-hybridized carbons (Fsp3) is 0.400. The SMILES string of the molecule is Cc1ccc(S(=O)(=O)[O-])cc1.c1cc(OC2CCCCO2)cc([S+](c2cccc(OC3CCCCO3)c2)c2cccc(OC3CCCCO3)c2)c1. The summed E-state index contributed by atoms with van der Waals surface area (Å²) in [6, 6.07) is 31.0. The van der Waals surface area contributed by atoms with E-state index in [2.05, 4.69) is 54.6 Å². The summed E-state index contributed by atoms with van der Waals surface area (Å²) in [4.78, 5) is 3.30. The van der Waals surface area contributed by atoms with E-state index in [-0.39, 0.29) is 23.8 Å². The van der Waals surface area contributed by atoms with Crippen LogP contribution in [0.15, 0.2) is 117 Å². The summed E-state index contributed by atoms with van der Waals surface area (Å²) in [5.41, 5.74) is 0.928. The summed E-state index contributed by atoms with van der Waals surface area (Å²) in [6.45, 7) is 4.08. The van der Waals surface area contributed by atoms with Gasteiger partial charge in [-0.25, -0.2) is 8.42 Å². The maximum absolute atomic E-state index is 10.4. The molecule has 11 heteroatoms. The van der Waals surface area contributed by atoms with E-state index in [4.69, 9.17) is 28.4 Å². The zero-order valence-corrected chi connectivity index (χ0v) is 30.6. The summed E-state index contributed by atoms with van der Waals surface area (Å²) in [7, 11) is -4.70. The summed E-state index contributed by atoms with van der Waals surface area (Å²) in [6.07, 6.45) is 8.86. The summed E-state index contributed by atoms with van der Waals surface area (Å²) < 4.78 is 67.5. The van der Waals surface area contributed by atoms with Gasteiger partial charge in [-0.2, -0.15) is 0 Å². The lowest BCUT2D eigenvalue weighted by atomic mass is 10.2. The summed E-state index contributed by atoms with van der Waals surface area (Å²) in [5.74, 6) is 2.48. The first kappa shape index (κ1) is 37.2. The Balaban J connectivity index is 0.000000349. The fourth-order valence-corrected chi connectivity index (χ4v) is 8.64. The first-order chi connectivity index (χ1) is 24.8. The first-order valence-corrected chi connectivity index (χ1v) is 20.4. The zero-order valence-electron chi connectivity index (χ0n) is 28.9. The Kier molecular flexibility index (Phi) is 13.3. The van der Waals surface area contributed by atoms with Gasteiger partial charge in [0.2, 0.25) is 0 Å². The van der Waals surface area contributed by atoms with Gasteiger partial charge in [-0.1, -0.05) is 35.9 Å². The van der Waals surface area contributed by atoms with Gasteiger partial charge in [0.15, 0.2) is 33.6 Å². The van der Waals surface area contributed by atoms with Crippen LogP contribution >= 0.6 is 0 Å². The van der Waals surface area contributed by atoms with Crippen molar-refractivity contribution >= 4 is 21.0 Å². The lowest BCUT2D eigenvalue weighted by Crippen LogP contribution is -2.25. The molecule has 4 aromatic rings. The third-order valence-corrected chi connectivity index (χ3v) is 11.7. The number of ether oxygens (including phenoxy) is 6. The summed E-state index contributed by atoms with van der Waals surface area (Å²) in [5, 5.41) is 0. The van der Waals surface area contributed by atoms with Crippen LogP contribution < -0.4 is 14.2 Å². The molecule has 3 fully saturated rings.